The summed E-state index contributed by atoms with van der Waals surface area (Å²) >= 11 is 0. The first-order valence-electron chi connectivity index (χ1n) is 8.69. The van der Waals surface area contributed by atoms with Gasteiger partial charge in [0.25, 0.3) is 0 Å². The molecule has 0 radical (unpaired) electrons. The quantitative estimate of drug-likeness (QED) is 0.320. The number of hydrogen-bond donors (Lipinski definition) is 0. The summed E-state index contributed by atoms with van der Waals surface area (Å²) in [5.74, 6) is -4.06. The van der Waals surface area contributed by atoms with Gasteiger partial charge in [0.05, 0.1) is 18.6 Å². The number of carbonyl (C=O) groups is 2. The van der Waals surface area contributed by atoms with Gasteiger partial charge in [0, 0.05) is 11.6 Å². The average molecular weight is 394 g/mol. The molecular weight excluding hydrogens is 373 g/mol. The molecular formula is C21H21F3O4. The molecule has 1 fully saturated rings. The molecule has 0 spiro atoms. The number of hydrogen-bond acceptors (Lipinski definition) is 4. The SMILES string of the molecule is C#Cc1c(F)c(F)c(COC(=O)[C@@H]2[C@H](/C=C\C(=O)OC)C2(C)C)c(CC)c1F. The number of halogens is 3. The number of carbonyl (C=O) groups excluding carboxylic acids is 2. The van der Waals surface area contributed by atoms with Crippen molar-refractivity contribution in [2.75, 3.05) is 7.11 Å². The summed E-state index contributed by atoms with van der Waals surface area (Å²) in [4.78, 5) is 23.6. The first-order chi connectivity index (χ1) is 13.1. The number of benzene rings is 1. The Labute approximate surface area is 161 Å². The van der Waals surface area contributed by atoms with Gasteiger partial charge >= 0.3 is 11.9 Å². The van der Waals surface area contributed by atoms with Crippen molar-refractivity contribution in [1.29, 1.82) is 0 Å². The average Bonchev–Trinajstić information content (AvgIpc) is 3.22. The van der Waals surface area contributed by atoms with Gasteiger partial charge in [0.2, 0.25) is 0 Å². The zero-order valence-corrected chi connectivity index (χ0v) is 16.1. The number of rotatable bonds is 6. The van der Waals surface area contributed by atoms with E-state index in [1.807, 2.05) is 13.8 Å². The second kappa shape index (κ2) is 8.09. The van der Waals surface area contributed by atoms with Gasteiger partial charge < -0.3 is 9.47 Å². The Kier molecular flexibility index (Phi) is 6.23. The van der Waals surface area contributed by atoms with Crippen molar-refractivity contribution in [1.82, 2.24) is 0 Å². The molecule has 4 nitrogen and oxygen atoms in total. The largest absolute Gasteiger partial charge is 0.466 e. The lowest BCUT2D eigenvalue weighted by Gasteiger charge is -2.14. The lowest BCUT2D eigenvalue weighted by atomic mass is 10.00. The Balaban J connectivity index is 2.19. The van der Waals surface area contributed by atoms with E-state index in [2.05, 4.69) is 4.74 Å². The van der Waals surface area contributed by atoms with E-state index in [0.29, 0.717) is 0 Å². The van der Waals surface area contributed by atoms with Crippen LogP contribution in [0.25, 0.3) is 0 Å². The highest BCUT2D eigenvalue weighted by Crippen LogP contribution is 2.59. The summed E-state index contributed by atoms with van der Waals surface area (Å²) in [6.45, 7) is 4.56. The molecule has 2 atom stereocenters. The minimum atomic E-state index is -1.48. The molecule has 1 aromatic rings. The molecule has 1 aliphatic rings. The standard InChI is InChI=1S/C21H21F3O4/c1-6-11-13(19(24)18(23)12(7-2)17(11)22)10-28-20(26)16-14(21(16,3)4)8-9-15(25)27-5/h2,8-9,14,16H,6,10H2,1,3-5H3/b9-8-/t14-,16-/m0/s1. The number of allylic oxidation sites excluding steroid dienone is 1. The predicted molar refractivity (Wildman–Crippen MR) is 95.3 cm³/mol. The van der Waals surface area contributed by atoms with Crippen LogP contribution in [-0.2, 0) is 32.1 Å². The third-order valence-corrected chi connectivity index (χ3v) is 5.19. The Morgan fingerprint density at radius 2 is 1.82 bits per heavy atom. The van der Waals surface area contributed by atoms with Gasteiger partial charge in [-0.05, 0) is 23.3 Å². The van der Waals surface area contributed by atoms with Crippen LogP contribution < -0.4 is 0 Å². The van der Waals surface area contributed by atoms with Crippen LogP contribution in [0.5, 0.6) is 0 Å². The maximum absolute atomic E-state index is 14.3. The molecule has 1 aliphatic carbocycles. The molecule has 0 N–H and O–H groups in total. The molecule has 1 saturated carbocycles. The van der Waals surface area contributed by atoms with Gasteiger partial charge in [-0.3, -0.25) is 4.79 Å². The van der Waals surface area contributed by atoms with Crippen LogP contribution in [0.2, 0.25) is 0 Å². The van der Waals surface area contributed by atoms with Gasteiger partial charge in [-0.1, -0.05) is 32.8 Å². The smallest absolute Gasteiger partial charge is 0.330 e. The van der Waals surface area contributed by atoms with Gasteiger partial charge in [-0.15, -0.1) is 6.42 Å². The van der Waals surface area contributed by atoms with Crippen molar-refractivity contribution >= 4 is 11.9 Å². The molecule has 0 aliphatic heterocycles. The molecule has 0 bridgehead atoms. The van der Waals surface area contributed by atoms with E-state index in [0.717, 1.165) is 0 Å². The van der Waals surface area contributed by atoms with E-state index in [9.17, 15) is 22.8 Å². The van der Waals surface area contributed by atoms with E-state index >= 15 is 0 Å². The van der Waals surface area contributed by atoms with E-state index < -0.39 is 52.9 Å². The lowest BCUT2D eigenvalue weighted by molar-refractivity contribution is -0.147. The highest BCUT2D eigenvalue weighted by Gasteiger charge is 2.61. The van der Waals surface area contributed by atoms with Crippen molar-refractivity contribution in [2.24, 2.45) is 17.3 Å². The fourth-order valence-electron chi connectivity index (χ4n) is 3.37. The van der Waals surface area contributed by atoms with Crippen LogP contribution in [-0.4, -0.2) is 19.0 Å². The topological polar surface area (TPSA) is 52.6 Å². The number of esters is 2. The Hall–Kier alpha value is -2.75. The van der Waals surface area contributed by atoms with Crippen LogP contribution in [0.4, 0.5) is 13.2 Å². The fraction of sp³-hybridized carbons (Fsp3) is 0.429. The summed E-state index contributed by atoms with van der Waals surface area (Å²) in [6, 6.07) is 0. The lowest BCUT2D eigenvalue weighted by Crippen LogP contribution is -2.14. The maximum atomic E-state index is 14.3. The van der Waals surface area contributed by atoms with Crippen LogP contribution >= 0.6 is 0 Å². The van der Waals surface area contributed by atoms with Crippen LogP contribution in [0.1, 0.15) is 37.5 Å². The summed E-state index contributed by atoms with van der Waals surface area (Å²) in [6.07, 6.45) is 7.87. The Bertz CT molecular complexity index is 881. The monoisotopic (exact) mass is 394 g/mol. The normalized spacial score (nSPS) is 19.9. The van der Waals surface area contributed by atoms with Gasteiger partial charge in [0.1, 0.15) is 12.4 Å². The molecule has 7 heteroatoms. The minimum absolute atomic E-state index is 0.0456. The van der Waals surface area contributed by atoms with Crippen molar-refractivity contribution in [2.45, 2.75) is 33.8 Å². The molecule has 0 heterocycles. The molecule has 0 amide bonds. The summed E-state index contributed by atoms with van der Waals surface area (Å²) in [7, 11) is 1.24. The first-order valence-corrected chi connectivity index (χ1v) is 8.69. The summed E-state index contributed by atoms with van der Waals surface area (Å²) < 4.78 is 52.3. The highest BCUT2D eigenvalue weighted by molar-refractivity contribution is 5.83. The van der Waals surface area contributed by atoms with Gasteiger partial charge in [-0.2, -0.15) is 0 Å². The summed E-state index contributed by atoms with van der Waals surface area (Å²) in [5, 5.41) is 0. The van der Waals surface area contributed by atoms with E-state index in [-0.39, 0.29) is 23.5 Å². The molecule has 0 unspecified atom stereocenters. The zero-order valence-electron chi connectivity index (χ0n) is 16.1. The van der Waals surface area contributed by atoms with E-state index in [1.54, 1.807) is 18.9 Å². The second-order valence-corrected chi connectivity index (χ2v) is 7.09. The number of methoxy groups -OCH3 is 1. The third-order valence-electron chi connectivity index (χ3n) is 5.19. The van der Waals surface area contributed by atoms with Crippen LogP contribution in [0, 0.1) is 47.0 Å². The molecule has 0 aromatic heterocycles. The molecule has 0 saturated heterocycles. The second-order valence-electron chi connectivity index (χ2n) is 7.09. The Morgan fingerprint density at radius 1 is 1.18 bits per heavy atom. The third kappa shape index (κ3) is 3.77. The van der Waals surface area contributed by atoms with Gasteiger partial charge in [-0.25, -0.2) is 18.0 Å². The van der Waals surface area contributed by atoms with Crippen molar-refractivity contribution in [3.63, 3.8) is 0 Å². The van der Waals surface area contributed by atoms with Crippen molar-refractivity contribution < 1.29 is 32.2 Å². The fourth-order valence-corrected chi connectivity index (χ4v) is 3.37. The molecule has 28 heavy (non-hydrogen) atoms. The summed E-state index contributed by atoms with van der Waals surface area (Å²) in [5.41, 5.74) is -1.75. The minimum Gasteiger partial charge on any atom is -0.466 e. The van der Waals surface area contributed by atoms with E-state index in [1.165, 1.54) is 13.2 Å². The zero-order chi connectivity index (χ0) is 21.2. The Morgan fingerprint density at radius 3 is 2.36 bits per heavy atom. The first kappa shape index (κ1) is 21.5. The maximum Gasteiger partial charge on any atom is 0.330 e. The number of terminal acetylenes is 1. The number of ether oxygens (including phenoxy) is 2. The molecule has 150 valence electrons. The van der Waals surface area contributed by atoms with Crippen LogP contribution in [0.15, 0.2) is 12.2 Å². The van der Waals surface area contributed by atoms with Crippen LogP contribution in [0.3, 0.4) is 0 Å². The van der Waals surface area contributed by atoms with E-state index in [4.69, 9.17) is 11.2 Å². The highest BCUT2D eigenvalue weighted by atomic mass is 19.2. The van der Waals surface area contributed by atoms with Gasteiger partial charge in [0.15, 0.2) is 11.6 Å². The molecule has 1 aromatic carbocycles. The van der Waals surface area contributed by atoms with Crippen molar-refractivity contribution in [3.05, 3.63) is 46.3 Å². The van der Waals surface area contributed by atoms with Crippen molar-refractivity contribution in [3.8, 4) is 12.3 Å². The molecule has 2 rings (SSSR count). The predicted octanol–water partition coefficient (Wildman–Crippen LogP) is 3.69.